The molecule has 3 fully saturated rings. The second kappa shape index (κ2) is 27.7. The predicted molar refractivity (Wildman–Crippen MR) is 274 cm³/mol. The molecule has 3 saturated heterocycles. The van der Waals surface area contributed by atoms with Crippen LogP contribution in [-0.2, 0) is 75.0 Å². The molecule has 5 rings (SSSR count). The fourth-order valence-corrected chi connectivity index (χ4v) is 10.4. The van der Waals surface area contributed by atoms with E-state index in [1.54, 1.807) is 79.7 Å². The Kier molecular flexibility index (Phi) is 23.2. The van der Waals surface area contributed by atoms with Crippen LogP contribution in [0.3, 0.4) is 0 Å². The number of carbonyl (C=O) groups is 5. The monoisotopic (exact) mass is 1060 g/mol. The lowest BCUT2D eigenvalue weighted by Crippen LogP contribution is -2.62. The summed E-state index contributed by atoms with van der Waals surface area (Å²) in [6, 6.07) is 17.2. The first-order valence-corrected chi connectivity index (χ1v) is 26.0. The van der Waals surface area contributed by atoms with Gasteiger partial charge in [0.25, 0.3) is 0 Å². The fourth-order valence-electron chi connectivity index (χ4n) is 10.4. The Balaban J connectivity index is 0.00000293. The molecule has 19 heteroatoms. The van der Waals surface area contributed by atoms with Gasteiger partial charge in [0.05, 0.1) is 53.7 Å². The number of ketones is 2. The standard InChI is InChI=1S/C53H79NO17.C3H6O/c1-14-39-53(10,61)44(56)32(4)41(55)30(2)26-52(9,63-13)46(33(5)42(34(6)47(58)68-39)69-40-27-51(8,62-12)45(57)35(7)67-40)71-48-43(70-50(60)65-29-37-23-19-16-20-24-37)38(25-31(3)66-48)54(11)49(59)64-28-36-21-17-15-18-22-36;1-3(2)4/h15-24,30-35,38-40,42-46,48,56-57,61H,14,25-29H2,1-13H3;1-2H3/t30-,31-,32+,33+,34-,35+,38+,39-,40+,42+,43-,44-,45+,46-,48+,51-,52+,53-;/m1./s1. The number of carbonyl (C=O) groups excluding carboxylic acids is 5. The van der Waals surface area contributed by atoms with Crippen LogP contribution in [-0.4, -0.2) is 156 Å². The SMILES string of the molecule is CC(C)=O.CC[C@H]1OC(=O)[C@H](C)[C@@H](O[C@H]2C[C@@](C)(OC)[C@@H](O)[C@H](C)O2)[C@H](C)[C@@H](O[C@@H]2O[C@H](C)C[C@H](N(C)C(=O)OCc3ccccc3)[C@H]2OC(=O)OCc2ccccc2)[C@@](C)(OC)C[C@@H](C)C(=O)[C@H](C)[C@@H](O)[C@]1(C)O. The summed E-state index contributed by atoms with van der Waals surface area (Å²) < 4.78 is 62.6. The zero-order chi connectivity index (χ0) is 56.2. The largest absolute Gasteiger partial charge is 0.509 e. The van der Waals surface area contributed by atoms with Gasteiger partial charge in [-0.1, -0.05) is 88.4 Å². The fraction of sp³-hybridized carbons (Fsp3) is 0.696. The average Bonchev–Trinajstić information content (AvgIpc) is 3.38. The third kappa shape index (κ3) is 16.2. The molecule has 0 saturated carbocycles. The zero-order valence-electron chi connectivity index (χ0n) is 46.6. The van der Waals surface area contributed by atoms with Crippen LogP contribution >= 0.6 is 0 Å². The predicted octanol–water partition coefficient (Wildman–Crippen LogP) is 7.10. The van der Waals surface area contributed by atoms with E-state index in [-0.39, 0.29) is 44.7 Å². The Labute approximate surface area is 443 Å². The highest BCUT2D eigenvalue weighted by atomic mass is 16.8. The van der Waals surface area contributed by atoms with Crippen LogP contribution in [0.25, 0.3) is 0 Å². The number of likely N-dealkylation sites (N-methyl/N-ethyl adjacent to an activating group) is 1. The molecular formula is C56H85NO18. The highest BCUT2D eigenvalue weighted by molar-refractivity contribution is 5.83. The number of esters is 1. The maximum Gasteiger partial charge on any atom is 0.509 e. The third-order valence-electron chi connectivity index (χ3n) is 15.0. The van der Waals surface area contributed by atoms with Crippen molar-refractivity contribution in [2.24, 2.45) is 23.7 Å². The third-order valence-corrected chi connectivity index (χ3v) is 15.0. The Bertz CT molecular complexity index is 2140. The van der Waals surface area contributed by atoms with E-state index < -0.39 is 132 Å². The number of benzene rings is 2. The van der Waals surface area contributed by atoms with Crippen molar-refractivity contribution < 1.29 is 86.7 Å². The number of hydrogen-bond acceptors (Lipinski definition) is 18. The van der Waals surface area contributed by atoms with E-state index in [0.717, 1.165) is 5.56 Å². The summed E-state index contributed by atoms with van der Waals surface area (Å²) >= 11 is 0. The van der Waals surface area contributed by atoms with Gasteiger partial charge in [-0.3, -0.25) is 9.59 Å². The first kappa shape index (κ1) is 63.0. The van der Waals surface area contributed by atoms with Crippen LogP contribution in [0.2, 0.25) is 0 Å². The number of ether oxygens (including phenoxy) is 10. The van der Waals surface area contributed by atoms with Crippen molar-refractivity contribution in [3.63, 3.8) is 0 Å². The Morgan fingerprint density at radius 1 is 0.747 bits per heavy atom. The van der Waals surface area contributed by atoms with Gasteiger partial charge >= 0.3 is 18.2 Å². The van der Waals surface area contributed by atoms with Crippen molar-refractivity contribution in [1.82, 2.24) is 4.90 Å². The van der Waals surface area contributed by atoms with Crippen LogP contribution < -0.4 is 0 Å². The lowest BCUT2D eigenvalue weighted by atomic mass is 9.74. The molecule has 0 bridgehead atoms. The average molecular weight is 1060 g/mol. The van der Waals surface area contributed by atoms with Gasteiger partial charge in [0, 0.05) is 45.4 Å². The van der Waals surface area contributed by atoms with Gasteiger partial charge in [0.2, 0.25) is 0 Å². The summed E-state index contributed by atoms with van der Waals surface area (Å²) in [5.41, 5.74) is -3.20. The Morgan fingerprint density at radius 3 is 1.83 bits per heavy atom. The number of amides is 1. The minimum absolute atomic E-state index is 0.0315. The van der Waals surface area contributed by atoms with Crippen molar-refractivity contribution in [3.8, 4) is 0 Å². The van der Waals surface area contributed by atoms with Crippen molar-refractivity contribution >= 4 is 29.8 Å². The molecule has 0 aliphatic carbocycles. The first-order chi connectivity index (χ1) is 35.1. The highest BCUT2D eigenvalue weighted by Crippen LogP contribution is 2.42. The molecule has 18 atom stereocenters. The quantitative estimate of drug-likeness (QED) is 0.134. The highest BCUT2D eigenvalue weighted by Gasteiger charge is 2.55. The zero-order valence-corrected chi connectivity index (χ0v) is 46.6. The summed E-state index contributed by atoms with van der Waals surface area (Å²) in [6.07, 6.45) is -13.2. The van der Waals surface area contributed by atoms with Crippen LogP contribution in [0.5, 0.6) is 0 Å². The molecule has 0 aromatic heterocycles. The maximum atomic E-state index is 14.6. The summed E-state index contributed by atoms with van der Waals surface area (Å²) in [5.74, 6) is -5.08. The number of rotatable bonds is 13. The molecule has 3 heterocycles. The minimum Gasteiger partial charge on any atom is -0.459 e. The maximum absolute atomic E-state index is 14.6. The molecule has 0 unspecified atom stereocenters. The summed E-state index contributed by atoms with van der Waals surface area (Å²) in [4.78, 5) is 67.5. The van der Waals surface area contributed by atoms with Gasteiger partial charge in [-0.2, -0.15) is 0 Å². The smallest absolute Gasteiger partial charge is 0.459 e. The molecule has 2 aromatic rings. The van der Waals surface area contributed by atoms with Gasteiger partial charge in [0.15, 0.2) is 18.7 Å². The molecule has 3 N–H and O–H groups in total. The van der Waals surface area contributed by atoms with Gasteiger partial charge in [-0.05, 0) is 85.8 Å². The molecule has 422 valence electrons. The van der Waals surface area contributed by atoms with E-state index in [1.807, 2.05) is 36.4 Å². The van der Waals surface area contributed by atoms with Gasteiger partial charge in [-0.25, -0.2) is 9.59 Å². The van der Waals surface area contributed by atoms with Crippen molar-refractivity contribution in [2.75, 3.05) is 21.3 Å². The molecule has 0 spiro atoms. The van der Waals surface area contributed by atoms with Crippen molar-refractivity contribution in [1.29, 1.82) is 0 Å². The lowest BCUT2D eigenvalue weighted by Gasteiger charge is -2.50. The van der Waals surface area contributed by atoms with E-state index in [0.29, 0.717) is 5.56 Å². The number of nitrogens with zero attached hydrogens (tertiary/aromatic N) is 1. The Hall–Kier alpha value is -4.57. The van der Waals surface area contributed by atoms with E-state index >= 15 is 0 Å². The second-order valence-electron chi connectivity index (χ2n) is 21.3. The molecule has 3 aliphatic rings. The van der Waals surface area contributed by atoms with Gasteiger partial charge in [-0.15, -0.1) is 0 Å². The summed E-state index contributed by atoms with van der Waals surface area (Å²) in [7, 11) is 4.44. The van der Waals surface area contributed by atoms with Crippen molar-refractivity contribution in [2.45, 2.75) is 206 Å². The van der Waals surface area contributed by atoms with Crippen molar-refractivity contribution in [3.05, 3.63) is 71.8 Å². The number of cyclic esters (lactones) is 1. The number of Topliss-reactive ketones (excluding diaryl/α,β-unsaturated/α-hetero) is 2. The first-order valence-electron chi connectivity index (χ1n) is 26.0. The molecule has 1 amide bonds. The van der Waals surface area contributed by atoms with Crippen LogP contribution in [0.15, 0.2) is 60.7 Å². The van der Waals surface area contributed by atoms with E-state index in [1.165, 1.54) is 53.9 Å². The van der Waals surface area contributed by atoms with Crippen LogP contribution in [0.1, 0.15) is 120 Å². The number of methoxy groups -OCH3 is 2. The Morgan fingerprint density at radius 2 is 1.29 bits per heavy atom. The molecule has 3 aliphatic heterocycles. The van der Waals surface area contributed by atoms with Crippen LogP contribution in [0.4, 0.5) is 9.59 Å². The topological polar surface area (TPSA) is 242 Å². The van der Waals surface area contributed by atoms with E-state index in [9.17, 15) is 39.3 Å². The number of hydrogen-bond donors (Lipinski definition) is 3. The number of aliphatic hydroxyl groups is 3. The second-order valence-corrected chi connectivity index (χ2v) is 21.3. The molecule has 75 heavy (non-hydrogen) atoms. The lowest BCUT2D eigenvalue weighted by molar-refractivity contribution is -0.319. The summed E-state index contributed by atoms with van der Waals surface area (Å²) in [5, 5.41) is 34.7. The summed E-state index contributed by atoms with van der Waals surface area (Å²) in [6.45, 7) is 19.4. The minimum atomic E-state index is -2.05. The van der Waals surface area contributed by atoms with Gasteiger partial charge in [0.1, 0.15) is 42.6 Å². The molecular weight excluding hydrogens is 975 g/mol. The molecule has 2 aromatic carbocycles. The van der Waals surface area contributed by atoms with E-state index in [2.05, 4.69) is 0 Å². The number of aliphatic hydroxyl groups excluding tert-OH is 2. The molecule has 19 nitrogen and oxygen atoms in total. The normalized spacial score (nSPS) is 36.9. The van der Waals surface area contributed by atoms with E-state index in [4.69, 9.17) is 47.4 Å². The van der Waals surface area contributed by atoms with Crippen LogP contribution in [0, 0.1) is 23.7 Å². The molecule has 0 radical (unpaired) electrons. The van der Waals surface area contributed by atoms with Gasteiger partial charge < -0.3 is 72.4 Å².